The van der Waals surface area contributed by atoms with Gasteiger partial charge in [-0.05, 0) is 12.1 Å². The first-order valence-electron chi connectivity index (χ1n) is 3.38. The van der Waals surface area contributed by atoms with Crippen LogP contribution in [0.2, 0.25) is 0 Å². The Labute approximate surface area is 72.7 Å². The second kappa shape index (κ2) is 2.98. The van der Waals surface area contributed by atoms with Crippen LogP contribution in [0.4, 0.5) is 4.39 Å². The molecule has 60 valence electrons. The van der Waals surface area contributed by atoms with Crippen LogP contribution in [0, 0.1) is 5.82 Å². The number of aromatic nitrogens is 2. The Bertz CT molecular complexity index is 372. The first-order valence-corrected chi connectivity index (χ1v) is 4.26. The summed E-state index contributed by atoms with van der Waals surface area (Å²) in [4.78, 5) is 7.86. The monoisotopic (exact) mass is 180 g/mol. The smallest absolute Gasteiger partial charge is 0.151 e. The fourth-order valence-electron chi connectivity index (χ4n) is 0.883. The van der Waals surface area contributed by atoms with Crippen molar-refractivity contribution in [3.8, 4) is 10.7 Å². The van der Waals surface area contributed by atoms with Crippen molar-refractivity contribution in [2.75, 3.05) is 0 Å². The molecule has 2 heterocycles. The Kier molecular flexibility index (Phi) is 1.83. The highest BCUT2D eigenvalue weighted by molar-refractivity contribution is 7.13. The van der Waals surface area contributed by atoms with Crippen LogP contribution >= 0.6 is 11.3 Å². The van der Waals surface area contributed by atoms with Crippen LogP contribution in [-0.2, 0) is 0 Å². The maximum absolute atomic E-state index is 13.1. The number of nitrogens with zero attached hydrogens (tertiary/aromatic N) is 2. The molecule has 4 heteroatoms. The lowest BCUT2D eigenvalue weighted by atomic mass is 10.3. The van der Waals surface area contributed by atoms with Crippen molar-refractivity contribution in [3.05, 3.63) is 35.7 Å². The highest BCUT2D eigenvalue weighted by Gasteiger charge is 2.06. The van der Waals surface area contributed by atoms with Gasteiger partial charge >= 0.3 is 0 Å². The third-order valence-corrected chi connectivity index (χ3v) is 2.17. The Morgan fingerprint density at radius 2 is 2.17 bits per heavy atom. The van der Waals surface area contributed by atoms with Crippen molar-refractivity contribution in [2.24, 2.45) is 0 Å². The van der Waals surface area contributed by atoms with Crippen LogP contribution in [0.5, 0.6) is 0 Å². The molecule has 2 nitrogen and oxygen atoms in total. The molecule has 0 unspecified atom stereocenters. The van der Waals surface area contributed by atoms with E-state index in [2.05, 4.69) is 9.97 Å². The fraction of sp³-hybridized carbons (Fsp3) is 0. The molecule has 0 amide bonds. The molecule has 0 radical (unpaired) electrons. The van der Waals surface area contributed by atoms with Crippen LogP contribution in [0.3, 0.4) is 0 Å². The predicted octanol–water partition coefficient (Wildman–Crippen LogP) is 2.34. The van der Waals surface area contributed by atoms with Gasteiger partial charge in [0.15, 0.2) is 5.82 Å². The van der Waals surface area contributed by atoms with Crippen molar-refractivity contribution in [1.29, 1.82) is 0 Å². The molecule has 2 rings (SSSR count). The molecule has 0 fully saturated rings. The van der Waals surface area contributed by atoms with Gasteiger partial charge in [0.05, 0.1) is 0 Å². The first kappa shape index (κ1) is 7.36. The van der Waals surface area contributed by atoms with Gasteiger partial charge in [0, 0.05) is 17.8 Å². The number of hydrogen-bond acceptors (Lipinski definition) is 3. The molecule has 0 saturated heterocycles. The molecule has 0 spiro atoms. The Hall–Kier alpha value is -1.29. The average Bonchev–Trinajstić information content (AvgIpc) is 2.57. The molecule has 2 aromatic heterocycles. The van der Waals surface area contributed by atoms with E-state index >= 15 is 0 Å². The summed E-state index contributed by atoms with van der Waals surface area (Å²) >= 11 is 1.38. The lowest BCUT2D eigenvalue weighted by Gasteiger charge is -1.94. The van der Waals surface area contributed by atoms with E-state index in [1.807, 2.05) is 0 Å². The van der Waals surface area contributed by atoms with Crippen LogP contribution < -0.4 is 0 Å². The molecule has 0 aliphatic carbocycles. The molecule has 0 aliphatic heterocycles. The van der Waals surface area contributed by atoms with Gasteiger partial charge in [-0.2, -0.15) is 0 Å². The van der Waals surface area contributed by atoms with E-state index in [1.165, 1.54) is 17.4 Å². The summed E-state index contributed by atoms with van der Waals surface area (Å²) < 4.78 is 13.1. The minimum Gasteiger partial charge on any atom is -0.251 e. The molecule has 0 aromatic carbocycles. The summed E-state index contributed by atoms with van der Waals surface area (Å²) in [5.74, 6) is -0.326. The Morgan fingerprint density at radius 1 is 1.25 bits per heavy atom. The molecule has 0 atom stereocenters. The zero-order valence-electron chi connectivity index (χ0n) is 6.07. The summed E-state index contributed by atoms with van der Waals surface area (Å²) in [6.07, 6.45) is 3.19. The molecule has 0 aliphatic rings. The summed E-state index contributed by atoms with van der Waals surface area (Å²) in [5, 5.41) is 2.41. The largest absolute Gasteiger partial charge is 0.251 e. The van der Waals surface area contributed by atoms with Gasteiger partial charge in [0.1, 0.15) is 10.7 Å². The highest BCUT2D eigenvalue weighted by atomic mass is 32.1. The second-order valence-electron chi connectivity index (χ2n) is 2.17. The van der Waals surface area contributed by atoms with E-state index in [9.17, 15) is 4.39 Å². The summed E-state index contributed by atoms with van der Waals surface area (Å²) in [7, 11) is 0. The van der Waals surface area contributed by atoms with E-state index in [0.717, 1.165) is 0 Å². The van der Waals surface area contributed by atoms with Crippen molar-refractivity contribution in [1.82, 2.24) is 9.97 Å². The number of hydrogen-bond donors (Lipinski definition) is 0. The predicted molar refractivity (Wildman–Crippen MR) is 45.3 cm³/mol. The summed E-state index contributed by atoms with van der Waals surface area (Å²) in [5.41, 5.74) is 0.326. The molecule has 12 heavy (non-hydrogen) atoms. The molecular formula is C8H5FN2S. The van der Waals surface area contributed by atoms with Gasteiger partial charge < -0.3 is 0 Å². The SMILES string of the molecule is Fc1cccnc1-c1nccs1. The molecule has 2 aromatic rings. The van der Waals surface area contributed by atoms with Gasteiger partial charge in [-0.3, -0.25) is 4.98 Å². The van der Waals surface area contributed by atoms with E-state index in [-0.39, 0.29) is 5.82 Å². The fourth-order valence-corrected chi connectivity index (χ4v) is 1.52. The third kappa shape index (κ3) is 1.21. The normalized spacial score (nSPS) is 10.1. The lowest BCUT2D eigenvalue weighted by Crippen LogP contribution is -1.86. The molecular weight excluding hydrogens is 175 g/mol. The maximum atomic E-state index is 13.1. The second-order valence-corrected chi connectivity index (χ2v) is 3.07. The summed E-state index contributed by atoms with van der Waals surface area (Å²) in [6.45, 7) is 0. The summed E-state index contributed by atoms with van der Waals surface area (Å²) in [6, 6.07) is 2.94. The van der Waals surface area contributed by atoms with Gasteiger partial charge in [-0.25, -0.2) is 9.37 Å². The highest BCUT2D eigenvalue weighted by Crippen LogP contribution is 2.21. The minimum atomic E-state index is -0.326. The third-order valence-electron chi connectivity index (χ3n) is 1.39. The van der Waals surface area contributed by atoms with E-state index in [4.69, 9.17) is 0 Å². The van der Waals surface area contributed by atoms with Crippen LogP contribution in [0.25, 0.3) is 10.7 Å². The molecule has 0 saturated carbocycles. The number of thiazole rings is 1. The number of halogens is 1. The molecule has 0 bridgehead atoms. The van der Waals surface area contributed by atoms with E-state index in [0.29, 0.717) is 10.7 Å². The first-order chi connectivity index (χ1) is 5.88. The van der Waals surface area contributed by atoms with Crippen LogP contribution in [0.1, 0.15) is 0 Å². The number of pyridine rings is 1. The quantitative estimate of drug-likeness (QED) is 0.673. The zero-order valence-corrected chi connectivity index (χ0v) is 6.88. The van der Waals surface area contributed by atoms with Gasteiger partial charge in [-0.1, -0.05) is 0 Å². The van der Waals surface area contributed by atoms with E-state index < -0.39 is 0 Å². The van der Waals surface area contributed by atoms with Crippen LogP contribution in [0.15, 0.2) is 29.9 Å². The Morgan fingerprint density at radius 3 is 2.83 bits per heavy atom. The average molecular weight is 180 g/mol. The topological polar surface area (TPSA) is 25.8 Å². The van der Waals surface area contributed by atoms with Crippen molar-refractivity contribution < 1.29 is 4.39 Å². The zero-order chi connectivity index (χ0) is 8.39. The van der Waals surface area contributed by atoms with Crippen molar-refractivity contribution in [2.45, 2.75) is 0 Å². The van der Waals surface area contributed by atoms with Gasteiger partial charge in [-0.15, -0.1) is 11.3 Å². The van der Waals surface area contributed by atoms with Crippen molar-refractivity contribution in [3.63, 3.8) is 0 Å². The van der Waals surface area contributed by atoms with E-state index in [1.54, 1.807) is 23.8 Å². The van der Waals surface area contributed by atoms with Crippen LogP contribution in [-0.4, -0.2) is 9.97 Å². The molecule has 0 N–H and O–H groups in total. The van der Waals surface area contributed by atoms with Crippen molar-refractivity contribution >= 4 is 11.3 Å². The Balaban J connectivity index is 2.55. The minimum absolute atomic E-state index is 0.326. The number of rotatable bonds is 1. The standard InChI is InChI=1S/C8H5FN2S/c9-6-2-1-3-10-7(6)8-11-4-5-12-8/h1-5H. The van der Waals surface area contributed by atoms with Gasteiger partial charge in [0.2, 0.25) is 0 Å². The van der Waals surface area contributed by atoms with Gasteiger partial charge in [0.25, 0.3) is 0 Å². The maximum Gasteiger partial charge on any atom is 0.151 e. The lowest BCUT2D eigenvalue weighted by molar-refractivity contribution is 0.625.